The molecular formula is C16H23IN4O3. The molecule has 0 spiro atoms. The van der Waals surface area contributed by atoms with Gasteiger partial charge in [-0.1, -0.05) is 12.1 Å². The highest BCUT2D eigenvalue weighted by Crippen LogP contribution is 2.19. The number of non-ortho nitro benzene ring substituents is 1. The molecule has 2 fully saturated rings. The zero-order valence-electron chi connectivity index (χ0n) is 13.4. The number of guanidine groups is 1. The van der Waals surface area contributed by atoms with E-state index < -0.39 is 0 Å². The van der Waals surface area contributed by atoms with Crippen molar-refractivity contribution in [2.24, 2.45) is 4.99 Å². The molecule has 1 aromatic carbocycles. The smallest absolute Gasteiger partial charge is 0.269 e. The fourth-order valence-corrected chi connectivity index (χ4v) is 2.48. The predicted molar refractivity (Wildman–Crippen MR) is 103 cm³/mol. The second kappa shape index (κ2) is 9.16. The van der Waals surface area contributed by atoms with E-state index in [4.69, 9.17) is 4.74 Å². The molecule has 7 nitrogen and oxygen atoms in total. The van der Waals surface area contributed by atoms with Crippen LogP contribution in [0.3, 0.4) is 0 Å². The van der Waals surface area contributed by atoms with Crippen LogP contribution in [0.5, 0.6) is 0 Å². The van der Waals surface area contributed by atoms with Gasteiger partial charge in [0.2, 0.25) is 0 Å². The molecule has 1 aliphatic heterocycles. The van der Waals surface area contributed by atoms with Gasteiger partial charge in [-0.15, -0.1) is 24.0 Å². The summed E-state index contributed by atoms with van der Waals surface area (Å²) in [6.07, 6.45) is 4.35. The first kappa shape index (κ1) is 18.9. The first-order valence-corrected chi connectivity index (χ1v) is 8.09. The minimum atomic E-state index is -0.389. The van der Waals surface area contributed by atoms with Crippen LogP contribution in [-0.2, 0) is 11.3 Å². The van der Waals surface area contributed by atoms with Crippen molar-refractivity contribution in [2.45, 2.75) is 44.3 Å². The molecule has 0 bridgehead atoms. The Bertz CT molecular complexity index is 569. The highest BCUT2D eigenvalue weighted by atomic mass is 127. The molecular weight excluding hydrogens is 423 g/mol. The lowest BCUT2D eigenvalue weighted by Crippen LogP contribution is -2.46. The molecule has 1 heterocycles. The second-order valence-corrected chi connectivity index (χ2v) is 6.04. The third-order valence-corrected chi connectivity index (χ3v) is 4.05. The van der Waals surface area contributed by atoms with Crippen LogP contribution < -0.4 is 10.6 Å². The standard InChI is InChI=1S/C16H22N4O3.HI/c21-20(22)15-5-1-12(2-6-15)11-17-16(18-13-3-4-13)19-14-7-9-23-10-8-14;/h1-2,5-6,13-14H,3-4,7-11H2,(H2,17,18,19);1H. The van der Waals surface area contributed by atoms with Gasteiger partial charge in [-0.25, -0.2) is 4.99 Å². The van der Waals surface area contributed by atoms with Crippen LogP contribution in [0.25, 0.3) is 0 Å². The molecule has 1 saturated carbocycles. The van der Waals surface area contributed by atoms with E-state index in [9.17, 15) is 10.1 Å². The second-order valence-electron chi connectivity index (χ2n) is 6.04. The molecule has 1 aromatic rings. The Morgan fingerprint density at radius 1 is 1.12 bits per heavy atom. The van der Waals surface area contributed by atoms with Crippen molar-refractivity contribution in [2.75, 3.05) is 13.2 Å². The number of ether oxygens (including phenoxy) is 1. The van der Waals surface area contributed by atoms with Gasteiger partial charge in [-0.2, -0.15) is 0 Å². The molecule has 132 valence electrons. The largest absolute Gasteiger partial charge is 0.381 e. The third kappa shape index (κ3) is 5.90. The number of nitro groups is 1. The lowest BCUT2D eigenvalue weighted by atomic mass is 10.1. The zero-order chi connectivity index (χ0) is 16.1. The lowest BCUT2D eigenvalue weighted by molar-refractivity contribution is -0.384. The van der Waals surface area contributed by atoms with Crippen molar-refractivity contribution >= 4 is 35.6 Å². The molecule has 8 heteroatoms. The minimum absolute atomic E-state index is 0. The van der Waals surface area contributed by atoms with Crippen LogP contribution in [-0.4, -0.2) is 36.2 Å². The van der Waals surface area contributed by atoms with Gasteiger partial charge in [0.15, 0.2) is 5.96 Å². The van der Waals surface area contributed by atoms with E-state index in [1.165, 1.54) is 25.0 Å². The Labute approximate surface area is 158 Å². The summed E-state index contributed by atoms with van der Waals surface area (Å²) in [7, 11) is 0. The summed E-state index contributed by atoms with van der Waals surface area (Å²) in [6, 6.07) is 7.47. The average molecular weight is 446 g/mol. The van der Waals surface area contributed by atoms with Crippen LogP contribution >= 0.6 is 24.0 Å². The van der Waals surface area contributed by atoms with Gasteiger partial charge in [-0.05, 0) is 31.2 Å². The van der Waals surface area contributed by atoms with Crippen molar-refractivity contribution in [1.29, 1.82) is 0 Å². The Hall–Kier alpha value is -1.42. The van der Waals surface area contributed by atoms with Gasteiger partial charge >= 0.3 is 0 Å². The molecule has 1 saturated heterocycles. The number of nitrogens with zero attached hydrogens (tertiary/aromatic N) is 2. The lowest BCUT2D eigenvalue weighted by Gasteiger charge is -2.25. The Morgan fingerprint density at radius 2 is 1.71 bits per heavy atom. The number of nitro benzene ring substituents is 1. The first-order chi connectivity index (χ1) is 11.2. The van der Waals surface area contributed by atoms with E-state index in [0.717, 1.165) is 37.6 Å². The van der Waals surface area contributed by atoms with E-state index in [1.54, 1.807) is 12.1 Å². The summed E-state index contributed by atoms with van der Waals surface area (Å²) in [5.74, 6) is 0.831. The molecule has 0 radical (unpaired) electrons. The van der Waals surface area contributed by atoms with Gasteiger partial charge in [0, 0.05) is 37.4 Å². The van der Waals surface area contributed by atoms with Crippen molar-refractivity contribution < 1.29 is 9.66 Å². The Morgan fingerprint density at radius 3 is 2.25 bits per heavy atom. The van der Waals surface area contributed by atoms with Gasteiger partial charge in [0.05, 0.1) is 11.5 Å². The van der Waals surface area contributed by atoms with E-state index in [-0.39, 0.29) is 34.6 Å². The van der Waals surface area contributed by atoms with Gasteiger partial charge in [0.25, 0.3) is 5.69 Å². The maximum atomic E-state index is 10.7. The number of halogens is 1. The molecule has 0 aromatic heterocycles. The summed E-state index contributed by atoms with van der Waals surface area (Å²) < 4.78 is 5.38. The Balaban J connectivity index is 0.00000208. The number of aliphatic imine (C=N–C) groups is 1. The highest BCUT2D eigenvalue weighted by Gasteiger charge is 2.24. The molecule has 2 aliphatic rings. The van der Waals surface area contributed by atoms with Crippen LogP contribution in [0.15, 0.2) is 29.3 Å². The number of hydrogen-bond donors (Lipinski definition) is 2. The molecule has 0 unspecified atom stereocenters. The van der Waals surface area contributed by atoms with E-state index in [2.05, 4.69) is 15.6 Å². The summed E-state index contributed by atoms with van der Waals surface area (Å²) in [4.78, 5) is 14.9. The Kier molecular flexibility index (Phi) is 7.22. The number of nitrogens with one attached hydrogen (secondary N) is 2. The van der Waals surface area contributed by atoms with Crippen molar-refractivity contribution in [1.82, 2.24) is 10.6 Å². The molecule has 1 aliphatic carbocycles. The highest BCUT2D eigenvalue weighted by molar-refractivity contribution is 14.0. The predicted octanol–water partition coefficient (Wildman–Crippen LogP) is 2.59. The van der Waals surface area contributed by atoms with Crippen molar-refractivity contribution in [3.63, 3.8) is 0 Å². The van der Waals surface area contributed by atoms with Gasteiger partial charge < -0.3 is 15.4 Å². The van der Waals surface area contributed by atoms with Crippen LogP contribution in [0.1, 0.15) is 31.2 Å². The summed E-state index contributed by atoms with van der Waals surface area (Å²) in [5, 5.41) is 17.6. The monoisotopic (exact) mass is 446 g/mol. The maximum absolute atomic E-state index is 10.7. The zero-order valence-corrected chi connectivity index (χ0v) is 15.8. The molecule has 24 heavy (non-hydrogen) atoms. The summed E-state index contributed by atoms with van der Waals surface area (Å²) in [5.41, 5.74) is 1.06. The summed E-state index contributed by atoms with van der Waals surface area (Å²) >= 11 is 0. The minimum Gasteiger partial charge on any atom is -0.381 e. The average Bonchev–Trinajstić information content (AvgIpc) is 3.38. The van der Waals surface area contributed by atoms with E-state index in [1.807, 2.05) is 0 Å². The van der Waals surface area contributed by atoms with Gasteiger partial charge in [-0.3, -0.25) is 10.1 Å². The topological polar surface area (TPSA) is 88.8 Å². The van der Waals surface area contributed by atoms with Crippen LogP contribution in [0, 0.1) is 10.1 Å². The number of hydrogen-bond acceptors (Lipinski definition) is 4. The SMILES string of the molecule is I.O=[N+]([O-])c1ccc(CN=C(NC2CCOCC2)NC2CC2)cc1. The molecule has 0 atom stereocenters. The van der Waals surface area contributed by atoms with Gasteiger partial charge in [0.1, 0.15) is 0 Å². The molecule has 0 amide bonds. The first-order valence-electron chi connectivity index (χ1n) is 8.09. The quantitative estimate of drug-likeness (QED) is 0.239. The van der Waals surface area contributed by atoms with Crippen molar-refractivity contribution in [3.8, 4) is 0 Å². The maximum Gasteiger partial charge on any atom is 0.269 e. The van der Waals surface area contributed by atoms with E-state index in [0.29, 0.717) is 18.6 Å². The number of rotatable bonds is 5. The molecule has 3 rings (SSSR count). The fourth-order valence-electron chi connectivity index (χ4n) is 2.48. The van der Waals surface area contributed by atoms with Crippen LogP contribution in [0.2, 0.25) is 0 Å². The molecule has 2 N–H and O–H groups in total. The van der Waals surface area contributed by atoms with Crippen LogP contribution in [0.4, 0.5) is 5.69 Å². The fraction of sp³-hybridized carbons (Fsp3) is 0.562. The van der Waals surface area contributed by atoms with E-state index >= 15 is 0 Å². The number of benzene rings is 1. The summed E-state index contributed by atoms with van der Waals surface area (Å²) in [6.45, 7) is 2.08. The normalized spacial score (nSPS) is 18.6. The third-order valence-electron chi connectivity index (χ3n) is 4.05. The van der Waals surface area contributed by atoms with Crippen molar-refractivity contribution in [3.05, 3.63) is 39.9 Å².